The molecule has 7 nitrogen and oxygen atoms in total. The fraction of sp³-hybridized carbons (Fsp3) is 0.231. The molecule has 4 N–H and O–H groups in total. The zero-order chi connectivity index (χ0) is 22.3. The number of aliphatic hydroxyl groups excluding tert-OH is 1. The molecule has 7 heteroatoms. The molecule has 7 rings (SSSR count). The van der Waals surface area contributed by atoms with Gasteiger partial charge in [0, 0.05) is 53.3 Å². The van der Waals surface area contributed by atoms with Crippen molar-refractivity contribution in [2.24, 2.45) is 0 Å². The molecule has 2 aliphatic heterocycles. The van der Waals surface area contributed by atoms with Gasteiger partial charge in [-0.3, -0.25) is 14.9 Å². The highest BCUT2D eigenvalue weighted by Gasteiger charge is 2.36. The summed E-state index contributed by atoms with van der Waals surface area (Å²) in [6, 6.07) is 12.4. The molecule has 0 fully saturated rings. The summed E-state index contributed by atoms with van der Waals surface area (Å²) in [7, 11) is 0. The third-order valence-corrected chi connectivity index (χ3v) is 7.15. The Morgan fingerprint density at radius 3 is 2.67 bits per heavy atom. The average molecular weight is 438 g/mol. The quantitative estimate of drug-likeness (QED) is 0.325. The molecule has 0 spiro atoms. The van der Waals surface area contributed by atoms with Crippen LogP contribution in [0.4, 0.5) is 0 Å². The number of benzene rings is 3. The van der Waals surface area contributed by atoms with E-state index < -0.39 is 0 Å². The van der Waals surface area contributed by atoms with Crippen LogP contribution < -0.4 is 10.6 Å². The minimum absolute atomic E-state index is 0.150. The molecule has 0 unspecified atom stereocenters. The van der Waals surface area contributed by atoms with E-state index in [-0.39, 0.29) is 18.4 Å². The number of nitrogens with zero attached hydrogens (tertiary/aromatic N) is 1. The zero-order valence-electron chi connectivity index (χ0n) is 17.9. The molecule has 0 saturated carbocycles. The van der Waals surface area contributed by atoms with Gasteiger partial charge in [0.1, 0.15) is 0 Å². The van der Waals surface area contributed by atoms with Gasteiger partial charge in [-0.05, 0) is 30.0 Å². The van der Waals surface area contributed by atoms with Crippen LogP contribution in [-0.2, 0) is 19.5 Å². The van der Waals surface area contributed by atoms with E-state index in [1.54, 1.807) is 0 Å². The van der Waals surface area contributed by atoms with Crippen molar-refractivity contribution >= 4 is 55.4 Å². The number of para-hydroxylation sites is 1. The minimum atomic E-state index is -0.335. The summed E-state index contributed by atoms with van der Waals surface area (Å²) >= 11 is 0. The van der Waals surface area contributed by atoms with Crippen LogP contribution in [0.2, 0.25) is 0 Å². The Kier molecular flexibility index (Phi) is 3.81. The number of hydrogen-bond acceptors (Lipinski definition) is 4. The van der Waals surface area contributed by atoms with Gasteiger partial charge in [-0.25, -0.2) is 0 Å². The van der Waals surface area contributed by atoms with Crippen molar-refractivity contribution in [1.29, 1.82) is 0 Å². The molecule has 0 bridgehead atoms. The lowest BCUT2D eigenvalue weighted by Gasteiger charge is -2.08. The Labute approximate surface area is 188 Å². The second-order valence-electron chi connectivity index (χ2n) is 8.98. The summed E-state index contributed by atoms with van der Waals surface area (Å²) in [6.45, 7) is 2.52. The lowest BCUT2D eigenvalue weighted by molar-refractivity contribution is 0.0880. The maximum atomic E-state index is 13.1. The number of hydrogen-bond donors (Lipinski definition) is 4. The second kappa shape index (κ2) is 6.66. The molecule has 0 radical (unpaired) electrons. The van der Waals surface area contributed by atoms with Crippen molar-refractivity contribution in [3.63, 3.8) is 0 Å². The van der Waals surface area contributed by atoms with Crippen LogP contribution >= 0.6 is 0 Å². The van der Waals surface area contributed by atoms with Crippen LogP contribution in [0.5, 0.6) is 0 Å². The van der Waals surface area contributed by atoms with Gasteiger partial charge in [0.25, 0.3) is 11.8 Å². The van der Waals surface area contributed by atoms with E-state index in [4.69, 9.17) is 0 Å². The first-order chi connectivity index (χ1) is 16.2. The fourth-order valence-electron chi connectivity index (χ4n) is 5.83. The van der Waals surface area contributed by atoms with Crippen molar-refractivity contribution in [2.75, 3.05) is 13.2 Å². The standard InChI is InChI=1S/C26H22N4O3/c31-10-2-3-13-6-7-15-17(11-13)28-22-18(15)20-21(26(33)29-25(20)32)19-16-5-1-4-14-12-27-8-9-30(23(14)16)24(19)22/h1,4-7,11,27-28,31H,2-3,8-10,12H2,(H,29,32,33). The van der Waals surface area contributed by atoms with Crippen molar-refractivity contribution < 1.29 is 14.7 Å². The molecular formula is C26H22N4O3. The summed E-state index contributed by atoms with van der Waals surface area (Å²) in [6.07, 6.45) is 1.48. The number of aliphatic hydroxyl groups is 1. The monoisotopic (exact) mass is 438 g/mol. The zero-order valence-corrected chi connectivity index (χ0v) is 17.9. The van der Waals surface area contributed by atoms with E-state index in [2.05, 4.69) is 38.4 Å². The smallest absolute Gasteiger partial charge is 0.259 e. The predicted octanol–water partition coefficient (Wildman–Crippen LogP) is 3.34. The van der Waals surface area contributed by atoms with E-state index in [0.29, 0.717) is 17.5 Å². The number of fused-ring (bicyclic) bond motifs is 10. The van der Waals surface area contributed by atoms with Gasteiger partial charge in [-0.2, -0.15) is 0 Å². The Balaban J connectivity index is 1.71. The maximum absolute atomic E-state index is 13.1. The van der Waals surface area contributed by atoms with Crippen LogP contribution in [-0.4, -0.2) is 39.6 Å². The first kappa shape index (κ1) is 18.8. The fourth-order valence-corrected chi connectivity index (χ4v) is 5.83. The lowest BCUT2D eigenvalue weighted by atomic mass is 9.96. The summed E-state index contributed by atoms with van der Waals surface area (Å²) < 4.78 is 2.31. The topological polar surface area (TPSA) is 99.2 Å². The number of aryl methyl sites for hydroxylation is 1. The molecule has 4 heterocycles. The summed E-state index contributed by atoms with van der Waals surface area (Å²) in [5, 5.41) is 18.9. The van der Waals surface area contributed by atoms with Gasteiger partial charge in [0.15, 0.2) is 0 Å². The van der Waals surface area contributed by atoms with E-state index in [9.17, 15) is 14.7 Å². The maximum Gasteiger partial charge on any atom is 0.259 e. The average Bonchev–Trinajstić information content (AvgIpc) is 3.37. The first-order valence-electron chi connectivity index (χ1n) is 11.4. The number of aromatic nitrogens is 2. The van der Waals surface area contributed by atoms with E-state index in [1.807, 2.05) is 18.2 Å². The van der Waals surface area contributed by atoms with E-state index >= 15 is 0 Å². The third-order valence-electron chi connectivity index (χ3n) is 7.15. The van der Waals surface area contributed by atoms with Crippen LogP contribution in [0.25, 0.3) is 43.6 Å². The summed E-state index contributed by atoms with van der Waals surface area (Å²) in [5.41, 5.74) is 7.21. The van der Waals surface area contributed by atoms with Crippen molar-refractivity contribution in [3.8, 4) is 0 Å². The Hall–Kier alpha value is -3.68. The highest BCUT2D eigenvalue weighted by Crippen LogP contribution is 2.44. The second-order valence-corrected chi connectivity index (χ2v) is 8.98. The minimum Gasteiger partial charge on any atom is -0.396 e. The third kappa shape index (κ3) is 2.40. The molecule has 0 atom stereocenters. The van der Waals surface area contributed by atoms with Gasteiger partial charge in [0.2, 0.25) is 0 Å². The van der Waals surface area contributed by atoms with Crippen molar-refractivity contribution in [3.05, 3.63) is 58.7 Å². The number of aromatic amines is 1. The van der Waals surface area contributed by atoms with Gasteiger partial charge in [0.05, 0.1) is 27.7 Å². The molecular weight excluding hydrogens is 416 g/mol. The lowest BCUT2D eigenvalue weighted by Crippen LogP contribution is -2.20. The van der Waals surface area contributed by atoms with Gasteiger partial charge >= 0.3 is 0 Å². The molecule has 2 amide bonds. The molecule has 5 aromatic rings. The Bertz CT molecular complexity index is 1670. The van der Waals surface area contributed by atoms with Crippen molar-refractivity contribution in [2.45, 2.75) is 25.9 Å². The molecule has 164 valence electrons. The Morgan fingerprint density at radius 2 is 1.82 bits per heavy atom. The highest BCUT2D eigenvalue weighted by molar-refractivity contribution is 6.39. The number of H-pyrrole nitrogens is 1. The van der Waals surface area contributed by atoms with Gasteiger partial charge < -0.3 is 20.0 Å². The van der Waals surface area contributed by atoms with Crippen LogP contribution in [0, 0.1) is 0 Å². The molecule has 2 aliphatic rings. The number of rotatable bonds is 3. The molecule has 0 aliphatic carbocycles. The summed E-state index contributed by atoms with van der Waals surface area (Å²) in [4.78, 5) is 29.7. The molecule has 3 aromatic carbocycles. The number of nitrogens with one attached hydrogen (secondary N) is 3. The number of imide groups is 1. The normalized spacial score (nSPS) is 15.7. The molecule has 0 saturated heterocycles. The number of carbonyl (C=O) groups excluding carboxylic acids is 2. The SMILES string of the molecule is O=C1NC(=O)c2c1c1c3ccc(CCCO)cc3[nH]c1c1c2c2cccc3c2n1CCNC3. The predicted molar refractivity (Wildman–Crippen MR) is 128 cm³/mol. The molecule has 33 heavy (non-hydrogen) atoms. The van der Waals surface area contributed by atoms with E-state index in [1.165, 1.54) is 5.56 Å². The van der Waals surface area contributed by atoms with Crippen molar-refractivity contribution in [1.82, 2.24) is 20.2 Å². The Morgan fingerprint density at radius 1 is 0.970 bits per heavy atom. The summed E-state index contributed by atoms with van der Waals surface area (Å²) in [5.74, 6) is -0.659. The van der Waals surface area contributed by atoms with Crippen LogP contribution in [0.15, 0.2) is 36.4 Å². The first-order valence-corrected chi connectivity index (χ1v) is 11.4. The number of carbonyl (C=O) groups is 2. The molecule has 2 aromatic heterocycles. The van der Waals surface area contributed by atoms with Crippen LogP contribution in [0.1, 0.15) is 38.3 Å². The largest absolute Gasteiger partial charge is 0.396 e. The number of amides is 2. The van der Waals surface area contributed by atoms with Crippen LogP contribution in [0.3, 0.4) is 0 Å². The highest BCUT2D eigenvalue weighted by atomic mass is 16.3. The van der Waals surface area contributed by atoms with Gasteiger partial charge in [-0.15, -0.1) is 0 Å². The van der Waals surface area contributed by atoms with Gasteiger partial charge in [-0.1, -0.05) is 30.3 Å². The van der Waals surface area contributed by atoms with E-state index in [0.717, 1.165) is 75.2 Å².